The first kappa shape index (κ1) is 20.9. The number of carboxylic acids is 1. The number of nitrogens with zero attached hydrogens (tertiary/aromatic N) is 4. The molecule has 0 saturated carbocycles. The zero-order valence-electron chi connectivity index (χ0n) is 13.9. The molecule has 0 aliphatic rings. The Labute approximate surface area is 166 Å². The van der Waals surface area contributed by atoms with E-state index in [1.54, 1.807) is 31.2 Å². The van der Waals surface area contributed by atoms with Crippen molar-refractivity contribution in [2.24, 2.45) is 14.1 Å². The maximum Gasteiger partial charge on any atom is 0.360 e. The summed E-state index contributed by atoms with van der Waals surface area (Å²) in [6.07, 6.45) is 3.43. The van der Waals surface area contributed by atoms with Crippen LogP contribution in [-0.2, 0) is 18.8 Å². The Kier molecular flexibility index (Phi) is 7.19. The topological polar surface area (TPSA) is 99.2 Å². The maximum atomic E-state index is 11.6. The molecule has 0 aromatic carbocycles. The fourth-order valence-electron chi connectivity index (χ4n) is 1.53. The Hall–Kier alpha value is -1.18. The highest BCUT2D eigenvalue weighted by atomic mass is 127. The fraction of sp³-hybridized carbons (Fsp3) is 0.429. The molecule has 0 aliphatic carbocycles. The van der Waals surface area contributed by atoms with E-state index in [1.165, 1.54) is 4.68 Å². The maximum absolute atomic E-state index is 11.6. The van der Waals surface area contributed by atoms with Gasteiger partial charge in [-0.1, -0.05) is 0 Å². The van der Waals surface area contributed by atoms with E-state index in [0.717, 1.165) is 3.57 Å². The molecule has 0 spiro atoms. The number of esters is 1. The number of halogens is 2. The van der Waals surface area contributed by atoms with Crippen molar-refractivity contribution in [3.8, 4) is 0 Å². The standard InChI is InChI=1S/C9H13IN2O2.C5H5IN2O2/c1-9(2,3)14-8(13)7-6(10)5-12(4)11-7;1-8-2-3(6)4(7-8)5(9)10/h5H,1-4H3;2H,1H3,(H,9,10). The van der Waals surface area contributed by atoms with E-state index in [-0.39, 0.29) is 11.7 Å². The molecule has 0 amide bonds. The van der Waals surface area contributed by atoms with Gasteiger partial charge in [-0.2, -0.15) is 10.2 Å². The van der Waals surface area contributed by atoms with Crippen molar-refractivity contribution in [3.05, 3.63) is 30.9 Å². The van der Waals surface area contributed by atoms with Gasteiger partial charge in [-0.3, -0.25) is 9.36 Å². The Morgan fingerprint density at radius 3 is 1.71 bits per heavy atom. The summed E-state index contributed by atoms with van der Waals surface area (Å²) in [6.45, 7) is 5.50. The summed E-state index contributed by atoms with van der Waals surface area (Å²) >= 11 is 4.00. The summed E-state index contributed by atoms with van der Waals surface area (Å²) in [4.78, 5) is 21.9. The van der Waals surface area contributed by atoms with Gasteiger partial charge in [-0.05, 0) is 66.0 Å². The molecule has 2 aromatic rings. The summed E-state index contributed by atoms with van der Waals surface area (Å²) in [5.41, 5.74) is 0.0173. The second kappa shape index (κ2) is 8.27. The van der Waals surface area contributed by atoms with Crippen molar-refractivity contribution in [1.82, 2.24) is 19.6 Å². The van der Waals surface area contributed by atoms with E-state index in [4.69, 9.17) is 9.84 Å². The highest BCUT2D eigenvalue weighted by Crippen LogP contribution is 2.15. The van der Waals surface area contributed by atoms with Crippen LogP contribution in [0.4, 0.5) is 0 Å². The number of ether oxygens (including phenoxy) is 1. The lowest BCUT2D eigenvalue weighted by Crippen LogP contribution is -2.24. The Balaban J connectivity index is 0.000000254. The molecule has 132 valence electrons. The van der Waals surface area contributed by atoms with E-state index in [2.05, 4.69) is 32.8 Å². The lowest BCUT2D eigenvalue weighted by molar-refractivity contribution is 0.00606. The Morgan fingerprint density at radius 1 is 1.04 bits per heavy atom. The van der Waals surface area contributed by atoms with Crippen LogP contribution >= 0.6 is 45.2 Å². The van der Waals surface area contributed by atoms with Gasteiger partial charge in [0.1, 0.15) is 5.60 Å². The van der Waals surface area contributed by atoms with E-state index in [1.807, 2.05) is 43.4 Å². The van der Waals surface area contributed by atoms with Gasteiger partial charge in [0.15, 0.2) is 11.4 Å². The lowest BCUT2D eigenvalue weighted by atomic mass is 10.2. The molecular formula is C14H18I2N4O4. The fourth-order valence-corrected chi connectivity index (χ4v) is 3.00. The summed E-state index contributed by atoms with van der Waals surface area (Å²) in [5, 5.41) is 16.2. The average Bonchev–Trinajstić information content (AvgIpc) is 2.90. The number of carboxylic acid groups (broad SMARTS) is 1. The van der Waals surface area contributed by atoms with E-state index in [9.17, 15) is 9.59 Å². The normalized spacial score (nSPS) is 10.8. The predicted octanol–water partition coefficient (Wildman–Crippen LogP) is 2.70. The largest absolute Gasteiger partial charge is 0.476 e. The molecular weight excluding hydrogens is 542 g/mol. The molecule has 8 nitrogen and oxygen atoms in total. The van der Waals surface area contributed by atoms with Crippen molar-refractivity contribution in [2.45, 2.75) is 26.4 Å². The van der Waals surface area contributed by atoms with Crippen molar-refractivity contribution >= 4 is 57.1 Å². The summed E-state index contributed by atoms with van der Waals surface area (Å²) in [7, 11) is 3.46. The van der Waals surface area contributed by atoms with Crippen molar-refractivity contribution in [3.63, 3.8) is 0 Å². The van der Waals surface area contributed by atoms with Gasteiger partial charge >= 0.3 is 11.9 Å². The minimum Gasteiger partial charge on any atom is -0.476 e. The molecule has 10 heteroatoms. The third-order valence-electron chi connectivity index (χ3n) is 2.36. The van der Waals surface area contributed by atoms with Crippen LogP contribution in [0.15, 0.2) is 12.4 Å². The lowest BCUT2D eigenvalue weighted by Gasteiger charge is -2.18. The number of carbonyl (C=O) groups excluding carboxylic acids is 1. The molecule has 1 N–H and O–H groups in total. The highest BCUT2D eigenvalue weighted by molar-refractivity contribution is 14.1. The van der Waals surface area contributed by atoms with Crippen LogP contribution in [0.25, 0.3) is 0 Å². The molecule has 0 fully saturated rings. The van der Waals surface area contributed by atoms with Crippen LogP contribution in [0.1, 0.15) is 41.7 Å². The van der Waals surface area contributed by atoms with E-state index < -0.39 is 11.6 Å². The summed E-state index contributed by atoms with van der Waals surface area (Å²) in [6, 6.07) is 0. The first-order valence-electron chi connectivity index (χ1n) is 6.75. The summed E-state index contributed by atoms with van der Waals surface area (Å²) in [5.74, 6) is -1.35. The third-order valence-corrected chi connectivity index (χ3v) is 3.94. The Bertz CT molecular complexity index is 747. The molecule has 0 unspecified atom stereocenters. The van der Waals surface area contributed by atoms with E-state index in [0.29, 0.717) is 9.26 Å². The monoisotopic (exact) mass is 560 g/mol. The van der Waals surface area contributed by atoms with Crippen molar-refractivity contribution in [2.75, 3.05) is 0 Å². The molecule has 24 heavy (non-hydrogen) atoms. The van der Waals surface area contributed by atoms with E-state index >= 15 is 0 Å². The second-order valence-corrected chi connectivity index (χ2v) is 8.13. The number of aryl methyl sites for hydroxylation is 2. The van der Waals surface area contributed by atoms with Crippen molar-refractivity contribution in [1.29, 1.82) is 0 Å². The molecule has 0 bridgehead atoms. The van der Waals surface area contributed by atoms with Gasteiger partial charge in [0.2, 0.25) is 0 Å². The number of aromatic carboxylic acids is 1. The van der Waals surface area contributed by atoms with Gasteiger partial charge in [0, 0.05) is 26.5 Å². The van der Waals surface area contributed by atoms with Gasteiger partial charge in [-0.25, -0.2) is 9.59 Å². The smallest absolute Gasteiger partial charge is 0.360 e. The number of aromatic nitrogens is 4. The summed E-state index contributed by atoms with van der Waals surface area (Å²) < 4.78 is 9.74. The minimum absolute atomic E-state index is 0.114. The SMILES string of the molecule is Cn1cc(I)c(C(=O)O)n1.Cn1cc(I)c(C(=O)OC(C)(C)C)n1. The van der Waals surface area contributed by atoms with Gasteiger partial charge in [0.25, 0.3) is 0 Å². The van der Waals surface area contributed by atoms with Crippen LogP contribution in [0.3, 0.4) is 0 Å². The minimum atomic E-state index is -0.981. The van der Waals surface area contributed by atoms with Crippen LogP contribution in [-0.4, -0.2) is 42.2 Å². The van der Waals surface area contributed by atoms with Crippen LogP contribution in [0.2, 0.25) is 0 Å². The van der Waals surface area contributed by atoms with Crippen LogP contribution < -0.4 is 0 Å². The highest BCUT2D eigenvalue weighted by Gasteiger charge is 2.22. The van der Waals surface area contributed by atoms with Gasteiger partial charge in [0.05, 0.1) is 7.14 Å². The average molecular weight is 560 g/mol. The van der Waals surface area contributed by atoms with Crippen molar-refractivity contribution < 1.29 is 19.4 Å². The molecule has 2 heterocycles. The zero-order valence-corrected chi connectivity index (χ0v) is 18.2. The predicted molar refractivity (Wildman–Crippen MR) is 104 cm³/mol. The van der Waals surface area contributed by atoms with Gasteiger partial charge < -0.3 is 9.84 Å². The number of hydrogen-bond donors (Lipinski definition) is 1. The zero-order chi connectivity index (χ0) is 18.7. The number of hydrogen-bond acceptors (Lipinski definition) is 5. The molecule has 0 atom stereocenters. The van der Waals surface area contributed by atoms with Crippen LogP contribution in [0, 0.1) is 7.14 Å². The van der Waals surface area contributed by atoms with Gasteiger partial charge in [-0.15, -0.1) is 0 Å². The first-order valence-corrected chi connectivity index (χ1v) is 8.91. The first-order chi connectivity index (χ1) is 10.9. The molecule has 0 saturated heterocycles. The molecule has 2 rings (SSSR count). The van der Waals surface area contributed by atoms with Crippen LogP contribution in [0.5, 0.6) is 0 Å². The third kappa shape index (κ3) is 6.37. The molecule has 0 aliphatic heterocycles. The second-order valence-electron chi connectivity index (χ2n) is 5.81. The number of carbonyl (C=O) groups is 2. The molecule has 2 aromatic heterocycles. The number of rotatable bonds is 2. The molecule has 0 radical (unpaired) electrons. The Morgan fingerprint density at radius 2 is 1.46 bits per heavy atom. The quantitative estimate of drug-likeness (QED) is 0.449.